The number of nitrogens with one attached hydrogen (secondary N) is 1. The standard InChI is InChI=1S/C48H59N7O7/c56-43(38-13-14-39(49-33-38)16-18-45(58)53-22-7-2-8-23-53)12-6-5-11-37(31-36-9-3-1-4-10-36)46(59)54-25-20-48(61,21-26-54)34-55-35-50-42-32-40(15-17-41(42)47(55)60)51-44(57)19-24-52-27-29-62-30-28-52/h1,3-4,9-10,13-18,32-33,35,37,61H,2,5-8,11-12,19-31,34H2,(H,51,57)/b18-16+/t37-/m0/s1. The molecule has 3 amide bonds. The Kier molecular flexibility index (Phi) is 15.4. The first-order chi connectivity index (χ1) is 30.1. The number of pyridine rings is 1. The summed E-state index contributed by atoms with van der Waals surface area (Å²) >= 11 is 0. The molecule has 5 heterocycles. The third-order valence-corrected chi connectivity index (χ3v) is 12.4. The van der Waals surface area contributed by atoms with E-state index in [-0.39, 0.29) is 41.5 Å². The molecule has 0 saturated carbocycles. The summed E-state index contributed by atoms with van der Waals surface area (Å²) in [5.74, 6) is -0.392. The minimum absolute atomic E-state index is 0.0108. The number of hydrogen-bond acceptors (Lipinski definition) is 10. The van der Waals surface area contributed by atoms with Crippen LogP contribution in [0.3, 0.4) is 0 Å². The number of ketones is 1. The molecule has 14 heteroatoms. The van der Waals surface area contributed by atoms with Crippen LogP contribution in [0.4, 0.5) is 5.69 Å². The van der Waals surface area contributed by atoms with Crippen LogP contribution in [0.15, 0.2) is 84.1 Å². The highest BCUT2D eigenvalue weighted by Crippen LogP contribution is 2.28. The number of unbranched alkanes of at least 4 members (excludes halogenated alkanes) is 1. The molecular formula is C48H59N7O7. The van der Waals surface area contributed by atoms with Crippen LogP contribution in [0.5, 0.6) is 0 Å². The van der Waals surface area contributed by atoms with Gasteiger partial charge in [0.05, 0.1) is 48.3 Å². The Morgan fingerprint density at radius 3 is 2.37 bits per heavy atom. The number of aliphatic hydroxyl groups is 1. The summed E-state index contributed by atoms with van der Waals surface area (Å²) in [6, 6.07) is 18.5. The zero-order chi connectivity index (χ0) is 43.3. The smallest absolute Gasteiger partial charge is 0.261 e. The molecule has 2 aromatic carbocycles. The second-order valence-electron chi connectivity index (χ2n) is 17.0. The maximum atomic E-state index is 14.1. The van der Waals surface area contributed by atoms with Crippen molar-refractivity contribution < 1.29 is 29.0 Å². The van der Waals surface area contributed by atoms with E-state index in [4.69, 9.17) is 4.74 Å². The summed E-state index contributed by atoms with van der Waals surface area (Å²) in [6.45, 7) is 5.96. The van der Waals surface area contributed by atoms with Crippen molar-refractivity contribution in [3.05, 3.63) is 106 Å². The lowest BCUT2D eigenvalue weighted by molar-refractivity contribution is -0.140. The van der Waals surface area contributed by atoms with Crippen molar-refractivity contribution in [3.63, 3.8) is 0 Å². The molecule has 62 heavy (non-hydrogen) atoms. The third kappa shape index (κ3) is 12.3. The molecule has 0 bridgehead atoms. The summed E-state index contributed by atoms with van der Waals surface area (Å²) in [6.07, 6.45) is 13.3. The fraction of sp³-hybridized carbons (Fsp3) is 0.479. The van der Waals surface area contributed by atoms with Crippen molar-refractivity contribution in [2.75, 3.05) is 64.3 Å². The molecule has 328 valence electrons. The van der Waals surface area contributed by atoms with Crippen LogP contribution in [0.1, 0.15) is 85.8 Å². The molecule has 2 aromatic heterocycles. The second kappa shape index (κ2) is 21.5. The maximum Gasteiger partial charge on any atom is 0.261 e. The Balaban J connectivity index is 0.890. The number of benzene rings is 2. The van der Waals surface area contributed by atoms with Crippen LogP contribution in [0.2, 0.25) is 0 Å². The molecule has 4 aromatic rings. The molecular weight excluding hydrogens is 787 g/mol. The number of fused-ring (bicyclic) bond motifs is 1. The number of nitrogens with zero attached hydrogens (tertiary/aromatic N) is 6. The van der Waals surface area contributed by atoms with Gasteiger partial charge < -0.3 is 25.0 Å². The van der Waals surface area contributed by atoms with Gasteiger partial charge in [-0.15, -0.1) is 0 Å². The van der Waals surface area contributed by atoms with Gasteiger partial charge >= 0.3 is 0 Å². The van der Waals surface area contributed by atoms with Crippen LogP contribution in [-0.4, -0.2) is 122 Å². The van der Waals surface area contributed by atoms with E-state index in [0.29, 0.717) is 112 Å². The number of amides is 3. The molecule has 2 N–H and O–H groups in total. The van der Waals surface area contributed by atoms with Crippen LogP contribution in [-0.2, 0) is 32.1 Å². The van der Waals surface area contributed by atoms with E-state index in [1.165, 1.54) is 10.9 Å². The Labute approximate surface area is 363 Å². The molecule has 3 aliphatic heterocycles. The van der Waals surface area contributed by atoms with Gasteiger partial charge in [0.1, 0.15) is 0 Å². The van der Waals surface area contributed by atoms with E-state index in [9.17, 15) is 29.1 Å². The number of likely N-dealkylation sites (tertiary alicyclic amines) is 2. The lowest BCUT2D eigenvalue weighted by Gasteiger charge is -2.39. The first-order valence-corrected chi connectivity index (χ1v) is 22.2. The summed E-state index contributed by atoms with van der Waals surface area (Å²) < 4.78 is 6.80. The molecule has 3 fully saturated rings. The van der Waals surface area contributed by atoms with E-state index < -0.39 is 5.60 Å². The Hall–Kier alpha value is -5.57. The van der Waals surface area contributed by atoms with Crippen LogP contribution in [0, 0.1) is 5.92 Å². The largest absolute Gasteiger partial charge is 0.388 e. The SMILES string of the molecule is O=C(CCN1CCOCC1)Nc1ccc2c(=O)n(CC3(O)CCN(C(=O)[C@@H](CCCCC(=O)c4ccc(/C=C/C(=O)N5CCCCC5)nc4)Cc4ccccc4)CC3)cnc2c1. The number of ether oxygens (including phenoxy) is 1. The number of hydrogen-bond donors (Lipinski definition) is 2. The van der Waals surface area contributed by atoms with Crippen LogP contribution >= 0.6 is 0 Å². The quantitative estimate of drug-likeness (QED) is 0.0827. The number of rotatable bonds is 17. The Morgan fingerprint density at radius 2 is 1.63 bits per heavy atom. The van der Waals surface area contributed by atoms with Gasteiger partial charge in [0.25, 0.3) is 5.56 Å². The molecule has 7 rings (SSSR count). The number of anilines is 1. The third-order valence-electron chi connectivity index (χ3n) is 12.4. The van der Waals surface area contributed by atoms with Crippen molar-refractivity contribution in [1.82, 2.24) is 29.2 Å². The topological polar surface area (TPSA) is 167 Å². The van der Waals surface area contributed by atoms with Crippen LogP contribution < -0.4 is 10.9 Å². The van der Waals surface area contributed by atoms with E-state index in [1.807, 2.05) is 40.1 Å². The highest BCUT2D eigenvalue weighted by molar-refractivity contribution is 5.96. The van der Waals surface area contributed by atoms with Crippen molar-refractivity contribution in [2.45, 2.75) is 82.8 Å². The zero-order valence-electron chi connectivity index (χ0n) is 35.6. The van der Waals surface area contributed by atoms with Crippen molar-refractivity contribution in [2.24, 2.45) is 5.92 Å². The first-order valence-electron chi connectivity index (χ1n) is 22.2. The van der Waals surface area contributed by atoms with Gasteiger partial charge in [-0.1, -0.05) is 36.8 Å². The molecule has 0 radical (unpaired) electrons. The second-order valence-corrected chi connectivity index (χ2v) is 17.0. The average molecular weight is 846 g/mol. The normalized spacial score (nSPS) is 17.6. The first kappa shape index (κ1) is 44.5. The number of piperidine rings is 2. The zero-order valence-corrected chi connectivity index (χ0v) is 35.6. The molecule has 0 unspecified atom stereocenters. The molecule has 3 aliphatic rings. The lowest BCUT2D eigenvalue weighted by Crippen LogP contribution is -2.51. The molecule has 3 saturated heterocycles. The molecule has 0 spiro atoms. The predicted octanol–water partition coefficient (Wildman–Crippen LogP) is 5.13. The number of Topliss-reactive ketones (excluding diaryl/α,β-unsaturated/α-hetero) is 1. The van der Waals surface area contributed by atoms with Crippen molar-refractivity contribution in [1.29, 1.82) is 0 Å². The summed E-state index contributed by atoms with van der Waals surface area (Å²) in [5, 5.41) is 15.0. The monoisotopic (exact) mass is 845 g/mol. The minimum atomic E-state index is -1.20. The number of carbonyl (C=O) groups excluding carboxylic acids is 4. The van der Waals surface area contributed by atoms with Gasteiger partial charge in [-0.2, -0.15) is 0 Å². The number of carbonyl (C=O) groups is 4. The summed E-state index contributed by atoms with van der Waals surface area (Å²) in [4.78, 5) is 80.6. The maximum absolute atomic E-state index is 14.1. The van der Waals surface area contributed by atoms with Gasteiger partial charge in [-0.25, -0.2) is 4.98 Å². The van der Waals surface area contributed by atoms with Crippen molar-refractivity contribution >= 4 is 46.2 Å². The molecule has 14 nitrogen and oxygen atoms in total. The lowest BCUT2D eigenvalue weighted by atomic mass is 9.88. The molecule has 0 aliphatic carbocycles. The van der Waals surface area contributed by atoms with Crippen molar-refractivity contribution in [3.8, 4) is 0 Å². The van der Waals surface area contributed by atoms with E-state index in [1.54, 1.807) is 48.7 Å². The number of aromatic nitrogens is 3. The minimum Gasteiger partial charge on any atom is -0.388 e. The van der Waals surface area contributed by atoms with Gasteiger partial charge in [0.2, 0.25) is 17.7 Å². The Bertz CT molecular complexity index is 2240. The van der Waals surface area contributed by atoms with Gasteiger partial charge in [0.15, 0.2) is 5.78 Å². The molecule has 1 atom stereocenters. The fourth-order valence-electron chi connectivity index (χ4n) is 8.61. The van der Waals surface area contributed by atoms with Gasteiger partial charge in [-0.3, -0.25) is 38.4 Å². The highest BCUT2D eigenvalue weighted by Gasteiger charge is 2.36. The van der Waals surface area contributed by atoms with Gasteiger partial charge in [-0.05, 0) is 93.3 Å². The Morgan fingerprint density at radius 1 is 0.855 bits per heavy atom. The highest BCUT2D eigenvalue weighted by atomic mass is 16.5. The van der Waals surface area contributed by atoms with E-state index >= 15 is 0 Å². The summed E-state index contributed by atoms with van der Waals surface area (Å²) in [5.41, 5.74) is 1.75. The average Bonchev–Trinajstić information content (AvgIpc) is 3.30. The number of morpholine rings is 1. The van der Waals surface area contributed by atoms with E-state index in [2.05, 4.69) is 20.2 Å². The predicted molar refractivity (Wildman–Crippen MR) is 237 cm³/mol. The summed E-state index contributed by atoms with van der Waals surface area (Å²) in [7, 11) is 0. The van der Waals surface area contributed by atoms with E-state index in [0.717, 1.165) is 51.0 Å². The van der Waals surface area contributed by atoms with Crippen LogP contribution in [0.25, 0.3) is 17.0 Å². The fourth-order valence-corrected chi connectivity index (χ4v) is 8.61. The van der Waals surface area contributed by atoms with Gasteiger partial charge in [0, 0.05) is 88.1 Å².